The predicted molar refractivity (Wildman–Crippen MR) is 150 cm³/mol. The van der Waals surface area contributed by atoms with Crippen LogP contribution in [0, 0.1) is 5.92 Å². The topological polar surface area (TPSA) is 68.2 Å². The van der Waals surface area contributed by atoms with Gasteiger partial charge in [-0.15, -0.1) is 37.2 Å². The van der Waals surface area contributed by atoms with Gasteiger partial charge in [0.25, 0.3) is 0 Å². The fraction of sp³-hybridized carbons (Fsp3) is 0.333. The highest BCUT2D eigenvalue weighted by molar-refractivity contribution is 5.89. The van der Waals surface area contributed by atoms with E-state index < -0.39 is 0 Å². The van der Waals surface area contributed by atoms with Gasteiger partial charge in [-0.3, -0.25) is 9.88 Å². The largest absolute Gasteiger partial charge is 0.356 e. The molecule has 1 aliphatic rings. The van der Waals surface area contributed by atoms with Crippen LogP contribution in [0.3, 0.4) is 0 Å². The van der Waals surface area contributed by atoms with Gasteiger partial charge in [0.1, 0.15) is 0 Å². The number of nitrogens with two attached hydrogens (primary N) is 1. The minimum atomic E-state index is 0. The molecule has 0 aliphatic carbocycles. The van der Waals surface area contributed by atoms with E-state index in [4.69, 9.17) is 10.3 Å². The summed E-state index contributed by atoms with van der Waals surface area (Å²) >= 11 is 0. The first-order valence-corrected chi connectivity index (χ1v) is 11.6. The molecule has 1 aliphatic heterocycles. The Morgan fingerprint density at radius 1 is 0.943 bits per heavy atom. The van der Waals surface area contributed by atoms with Crippen molar-refractivity contribution < 1.29 is 4.52 Å². The molecule has 8 heteroatoms. The molecule has 0 spiro atoms. The Balaban J connectivity index is 0.00000144. The third-order valence-electron chi connectivity index (χ3n) is 6.74. The summed E-state index contributed by atoms with van der Waals surface area (Å²) in [6, 6.07) is 19.0. The van der Waals surface area contributed by atoms with Gasteiger partial charge in [0.2, 0.25) is 0 Å². The van der Waals surface area contributed by atoms with Gasteiger partial charge in [-0.1, -0.05) is 47.6 Å². The number of hydrogen-bond donors (Lipinski definition) is 1. The second-order valence-corrected chi connectivity index (χ2v) is 8.79. The van der Waals surface area contributed by atoms with Crippen molar-refractivity contribution in [1.29, 1.82) is 0 Å². The van der Waals surface area contributed by atoms with Crippen molar-refractivity contribution in [3.63, 3.8) is 0 Å². The fourth-order valence-electron chi connectivity index (χ4n) is 4.90. The number of halogens is 3. The predicted octanol–water partition coefficient (Wildman–Crippen LogP) is 6.46. The van der Waals surface area contributed by atoms with Crippen LogP contribution in [0.2, 0.25) is 0 Å². The van der Waals surface area contributed by atoms with Crippen molar-refractivity contribution in [2.75, 3.05) is 13.1 Å². The molecule has 0 saturated carbocycles. The van der Waals surface area contributed by atoms with E-state index in [1.807, 2.05) is 12.3 Å². The lowest BCUT2D eigenvalue weighted by molar-refractivity contribution is 0.172. The molecule has 35 heavy (non-hydrogen) atoms. The van der Waals surface area contributed by atoms with Crippen molar-refractivity contribution >= 4 is 48.2 Å². The monoisotopic (exact) mass is 534 g/mol. The van der Waals surface area contributed by atoms with Gasteiger partial charge in [-0.05, 0) is 68.0 Å². The molecule has 1 fully saturated rings. The highest BCUT2D eigenvalue weighted by atomic mass is 35.5. The van der Waals surface area contributed by atoms with E-state index in [1.54, 1.807) is 6.20 Å². The summed E-state index contributed by atoms with van der Waals surface area (Å²) in [5, 5.41) is 5.53. The van der Waals surface area contributed by atoms with Gasteiger partial charge < -0.3 is 10.3 Å². The van der Waals surface area contributed by atoms with Crippen LogP contribution in [0.25, 0.3) is 22.1 Å². The zero-order valence-corrected chi connectivity index (χ0v) is 22.1. The average molecular weight is 536 g/mol. The average Bonchev–Trinajstić information content (AvgIpc) is 3.27. The van der Waals surface area contributed by atoms with Crippen molar-refractivity contribution in [2.45, 2.75) is 38.8 Å². The normalized spacial score (nSPS) is 14.1. The number of benzene rings is 2. The smallest absolute Gasteiger partial charge is 0.172 e. The molecule has 188 valence electrons. The molecule has 0 amide bonds. The molecule has 4 aromatic rings. The molecular formula is C27H33Cl3N4O. The number of aryl methyl sites for hydroxylation is 1. The summed E-state index contributed by atoms with van der Waals surface area (Å²) in [5.74, 6) is 0.748. The summed E-state index contributed by atoms with van der Waals surface area (Å²) in [5.41, 5.74) is 12.5. The lowest BCUT2D eigenvalue weighted by Gasteiger charge is -2.31. The molecule has 1 saturated heterocycles. The van der Waals surface area contributed by atoms with Crippen LogP contribution in [-0.4, -0.2) is 28.1 Å². The SMILES string of the molecule is Cl.Cl.Cl.NCc1c(-c2cccnc2)ccc2c(CCC3CCN(Cc4ccccc4)CC3)noc12. The molecule has 2 aromatic heterocycles. The third-order valence-corrected chi connectivity index (χ3v) is 6.74. The van der Waals surface area contributed by atoms with E-state index in [-0.39, 0.29) is 37.2 Å². The van der Waals surface area contributed by atoms with E-state index in [0.717, 1.165) is 58.7 Å². The number of aromatic nitrogens is 2. The number of piperidine rings is 1. The quantitative estimate of drug-likeness (QED) is 0.294. The summed E-state index contributed by atoms with van der Waals surface area (Å²) in [7, 11) is 0. The first-order valence-electron chi connectivity index (χ1n) is 11.6. The molecule has 2 N–H and O–H groups in total. The number of likely N-dealkylation sites (tertiary alicyclic amines) is 1. The van der Waals surface area contributed by atoms with Crippen molar-refractivity contribution in [3.8, 4) is 11.1 Å². The summed E-state index contributed by atoms with van der Waals surface area (Å²) in [6.45, 7) is 3.81. The van der Waals surface area contributed by atoms with Crippen molar-refractivity contribution in [1.82, 2.24) is 15.0 Å². The van der Waals surface area contributed by atoms with Crippen LogP contribution in [0.5, 0.6) is 0 Å². The molecule has 5 rings (SSSR count). The fourth-order valence-corrected chi connectivity index (χ4v) is 4.90. The molecule has 2 aromatic carbocycles. The van der Waals surface area contributed by atoms with Gasteiger partial charge in [0.05, 0.1) is 5.69 Å². The molecule has 0 atom stereocenters. The number of fused-ring (bicyclic) bond motifs is 1. The highest BCUT2D eigenvalue weighted by Gasteiger charge is 2.21. The zero-order valence-electron chi connectivity index (χ0n) is 19.6. The number of pyridine rings is 1. The second kappa shape index (κ2) is 13.8. The van der Waals surface area contributed by atoms with Gasteiger partial charge in [0.15, 0.2) is 5.58 Å². The van der Waals surface area contributed by atoms with Crippen molar-refractivity contribution in [2.24, 2.45) is 11.7 Å². The molecular weight excluding hydrogens is 503 g/mol. The van der Waals surface area contributed by atoms with Gasteiger partial charge in [-0.2, -0.15) is 0 Å². The minimum absolute atomic E-state index is 0. The van der Waals surface area contributed by atoms with Crippen LogP contribution >= 0.6 is 37.2 Å². The Morgan fingerprint density at radius 3 is 2.40 bits per heavy atom. The summed E-state index contributed by atoms with van der Waals surface area (Å²) in [6.07, 6.45) is 8.25. The Hall–Kier alpha value is -2.15. The van der Waals surface area contributed by atoms with E-state index in [0.29, 0.717) is 6.54 Å². The lowest BCUT2D eigenvalue weighted by atomic mass is 9.90. The molecule has 0 unspecified atom stereocenters. The molecule has 3 heterocycles. The van der Waals surface area contributed by atoms with Crippen molar-refractivity contribution in [3.05, 3.63) is 83.8 Å². The highest BCUT2D eigenvalue weighted by Crippen LogP contribution is 2.32. The van der Waals surface area contributed by atoms with Crippen LogP contribution in [0.4, 0.5) is 0 Å². The Kier molecular flexibility index (Phi) is 11.5. The zero-order chi connectivity index (χ0) is 21.8. The van der Waals surface area contributed by atoms with Crippen LogP contribution < -0.4 is 5.73 Å². The lowest BCUT2D eigenvalue weighted by Crippen LogP contribution is -2.33. The van der Waals surface area contributed by atoms with Crippen LogP contribution in [0.1, 0.15) is 36.1 Å². The summed E-state index contributed by atoms with van der Waals surface area (Å²) < 4.78 is 5.80. The van der Waals surface area contributed by atoms with Gasteiger partial charge in [-0.25, -0.2) is 0 Å². The third kappa shape index (κ3) is 6.75. The van der Waals surface area contributed by atoms with E-state index >= 15 is 0 Å². The Morgan fingerprint density at radius 2 is 1.71 bits per heavy atom. The number of hydrogen-bond acceptors (Lipinski definition) is 5. The first kappa shape index (κ1) is 29.1. The first-order chi connectivity index (χ1) is 15.8. The molecule has 0 bridgehead atoms. The van der Waals surface area contributed by atoms with Crippen LogP contribution in [-0.2, 0) is 19.5 Å². The maximum Gasteiger partial charge on any atom is 0.172 e. The molecule has 5 nitrogen and oxygen atoms in total. The van der Waals surface area contributed by atoms with Crippen LogP contribution in [0.15, 0.2) is 71.5 Å². The van der Waals surface area contributed by atoms with Gasteiger partial charge in [0, 0.05) is 42.0 Å². The van der Waals surface area contributed by atoms with Gasteiger partial charge >= 0.3 is 0 Å². The minimum Gasteiger partial charge on any atom is -0.356 e. The maximum absolute atomic E-state index is 6.11. The van der Waals surface area contributed by atoms with E-state index in [9.17, 15) is 0 Å². The second-order valence-electron chi connectivity index (χ2n) is 8.79. The molecule has 0 radical (unpaired) electrons. The summed E-state index contributed by atoms with van der Waals surface area (Å²) in [4.78, 5) is 6.82. The number of rotatable bonds is 7. The Bertz CT molecular complexity index is 1160. The standard InChI is InChI=1S/C27H30N4O.3ClH/c28-17-25-23(22-7-4-14-29-18-22)9-10-24-26(30-32-27(24)25)11-8-20-12-15-31(16-13-20)19-21-5-2-1-3-6-21;;;/h1-7,9-10,14,18,20H,8,11-13,15-17,19,28H2;3*1H. The maximum atomic E-state index is 6.11. The number of nitrogens with zero attached hydrogens (tertiary/aromatic N) is 3. The van der Waals surface area contributed by atoms with E-state index in [1.165, 1.54) is 31.5 Å². The Labute approximate surface area is 225 Å². The van der Waals surface area contributed by atoms with E-state index in [2.05, 4.69) is 63.6 Å².